The van der Waals surface area contributed by atoms with Crippen molar-refractivity contribution >= 4 is 15.9 Å². The molecule has 1 aromatic rings. The third-order valence-corrected chi connectivity index (χ3v) is 3.53. The summed E-state index contributed by atoms with van der Waals surface area (Å²) in [5.74, 6) is 1.02. The van der Waals surface area contributed by atoms with Crippen LogP contribution in [0.3, 0.4) is 0 Å². The molecular formula is C11H14BrNO. The van der Waals surface area contributed by atoms with Crippen LogP contribution in [-0.2, 0) is 0 Å². The lowest BCUT2D eigenvalue weighted by Crippen LogP contribution is -2.24. The highest BCUT2D eigenvalue weighted by molar-refractivity contribution is 9.10. The minimum atomic E-state index is 0.427. The van der Waals surface area contributed by atoms with Gasteiger partial charge in [0.15, 0.2) is 0 Å². The van der Waals surface area contributed by atoms with Crippen molar-refractivity contribution in [1.82, 2.24) is 5.32 Å². The van der Waals surface area contributed by atoms with Gasteiger partial charge in [0, 0.05) is 22.5 Å². The van der Waals surface area contributed by atoms with Crippen LogP contribution >= 0.6 is 15.9 Å². The number of aryl methyl sites for hydroxylation is 1. The van der Waals surface area contributed by atoms with Gasteiger partial charge in [-0.15, -0.1) is 0 Å². The van der Waals surface area contributed by atoms with E-state index in [4.69, 9.17) is 4.74 Å². The highest BCUT2D eigenvalue weighted by atomic mass is 79.9. The molecule has 76 valence electrons. The average molecular weight is 256 g/mol. The molecule has 1 aliphatic rings. The van der Waals surface area contributed by atoms with Crippen LogP contribution in [-0.4, -0.2) is 13.7 Å². The summed E-state index contributed by atoms with van der Waals surface area (Å²) in [6.45, 7) is 2.89. The van der Waals surface area contributed by atoms with Gasteiger partial charge in [-0.1, -0.05) is 15.9 Å². The highest BCUT2D eigenvalue weighted by Crippen LogP contribution is 2.35. The van der Waals surface area contributed by atoms with Gasteiger partial charge in [0.1, 0.15) is 5.75 Å². The molecule has 2 nitrogen and oxygen atoms in total. The van der Waals surface area contributed by atoms with Crippen molar-refractivity contribution in [3.63, 3.8) is 0 Å². The number of rotatable bonds is 1. The monoisotopic (exact) mass is 255 g/mol. The molecule has 1 atom stereocenters. The second kappa shape index (κ2) is 3.91. The fourth-order valence-corrected chi connectivity index (χ4v) is 2.17. The molecule has 0 aliphatic carbocycles. The van der Waals surface area contributed by atoms with Crippen LogP contribution in [0.1, 0.15) is 23.6 Å². The van der Waals surface area contributed by atoms with Gasteiger partial charge in [0.2, 0.25) is 0 Å². The van der Waals surface area contributed by atoms with Crippen molar-refractivity contribution in [2.24, 2.45) is 0 Å². The molecule has 1 aliphatic heterocycles. The van der Waals surface area contributed by atoms with E-state index in [1.807, 2.05) is 7.05 Å². The molecule has 3 heteroatoms. The predicted molar refractivity (Wildman–Crippen MR) is 60.8 cm³/mol. The first-order valence-electron chi connectivity index (χ1n) is 4.82. The fraction of sp³-hybridized carbons (Fsp3) is 0.455. The summed E-state index contributed by atoms with van der Waals surface area (Å²) in [7, 11) is 1.99. The number of hydrogen-bond donors (Lipinski definition) is 1. The molecule has 2 rings (SSSR count). The lowest BCUT2D eigenvalue weighted by atomic mass is 9.99. The topological polar surface area (TPSA) is 21.3 Å². The Hall–Kier alpha value is -0.540. The minimum absolute atomic E-state index is 0.427. The van der Waals surface area contributed by atoms with Gasteiger partial charge in [-0.25, -0.2) is 0 Å². The molecule has 1 heterocycles. The molecule has 0 radical (unpaired) electrons. The van der Waals surface area contributed by atoms with Crippen LogP contribution < -0.4 is 10.1 Å². The Morgan fingerprint density at radius 3 is 3.00 bits per heavy atom. The third-order valence-electron chi connectivity index (χ3n) is 2.68. The first kappa shape index (κ1) is 9.99. The van der Waals surface area contributed by atoms with Crippen molar-refractivity contribution in [3.8, 4) is 5.75 Å². The molecule has 0 saturated heterocycles. The predicted octanol–water partition coefficient (Wildman–Crippen LogP) is 2.80. The number of ether oxygens (including phenoxy) is 1. The Morgan fingerprint density at radius 1 is 1.50 bits per heavy atom. The van der Waals surface area contributed by atoms with Crippen LogP contribution in [0.25, 0.3) is 0 Å². The Morgan fingerprint density at radius 2 is 2.29 bits per heavy atom. The first-order chi connectivity index (χ1) is 6.72. The van der Waals surface area contributed by atoms with E-state index in [9.17, 15) is 0 Å². The maximum absolute atomic E-state index is 5.63. The van der Waals surface area contributed by atoms with Gasteiger partial charge in [0.25, 0.3) is 0 Å². The summed E-state index contributed by atoms with van der Waals surface area (Å²) >= 11 is 3.55. The van der Waals surface area contributed by atoms with Crippen LogP contribution in [0.5, 0.6) is 5.75 Å². The van der Waals surface area contributed by atoms with Gasteiger partial charge in [-0.3, -0.25) is 0 Å². The maximum Gasteiger partial charge on any atom is 0.124 e. The number of hydrogen-bond acceptors (Lipinski definition) is 2. The van der Waals surface area contributed by atoms with Gasteiger partial charge < -0.3 is 10.1 Å². The van der Waals surface area contributed by atoms with E-state index >= 15 is 0 Å². The standard InChI is InChI=1S/C11H14BrNO/c1-7-5-11-8(6-9(7)12)10(13-2)3-4-14-11/h5-6,10,13H,3-4H2,1-2H3. The van der Waals surface area contributed by atoms with Crippen LogP contribution in [0, 0.1) is 6.92 Å². The van der Waals surface area contributed by atoms with E-state index in [0.717, 1.165) is 23.2 Å². The smallest absolute Gasteiger partial charge is 0.124 e. The quantitative estimate of drug-likeness (QED) is 0.834. The number of halogens is 1. The van der Waals surface area contributed by atoms with E-state index in [-0.39, 0.29) is 0 Å². The van der Waals surface area contributed by atoms with E-state index in [1.54, 1.807) is 0 Å². The molecule has 0 fully saturated rings. The Labute approximate surface area is 92.8 Å². The molecule has 1 unspecified atom stereocenters. The fourth-order valence-electron chi connectivity index (χ4n) is 1.81. The zero-order chi connectivity index (χ0) is 10.1. The summed E-state index contributed by atoms with van der Waals surface area (Å²) in [6.07, 6.45) is 1.04. The number of nitrogens with one attached hydrogen (secondary N) is 1. The SMILES string of the molecule is CNC1CCOc2cc(C)c(Br)cc21. The summed E-state index contributed by atoms with van der Waals surface area (Å²) in [4.78, 5) is 0. The van der Waals surface area contributed by atoms with Crippen molar-refractivity contribution in [1.29, 1.82) is 0 Å². The largest absolute Gasteiger partial charge is 0.493 e. The van der Waals surface area contributed by atoms with Crippen molar-refractivity contribution in [2.45, 2.75) is 19.4 Å². The van der Waals surface area contributed by atoms with Crippen LogP contribution in [0.4, 0.5) is 0 Å². The van der Waals surface area contributed by atoms with Gasteiger partial charge in [-0.2, -0.15) is 0 Å². The molecule has 0 aromatic heterocycles. The number of fused-ring (bicyclic) bond motifs is 1. The van der Waals surface area contributed by atoms with Crippen molar-refractivity contribution < 1.29 is 4.74 Å². The van der Waals surface area contributed by atoms with Crippen LogP contribution in [0.15, 0.2) is 16.6 Å². The molecule has 0 saturated carbocycles. The lowest BCUT2D eigenvalue weighted by Gasteiger charge is -2.26. The molecule has 0 spiro atoms. The number of benzene rings is 1. The maximum atomic E-state index is 5.63. The average Bonchev–Trinajstić information content (AvgIpc) is 2.19. The van der Waals surface area contributed by atoms with E-state index in [2.05, 4.69) is 40.3 Å². The van der Waals surface area contributed by atoms with Gasteiger partial charge in [-0.05, 0) is 31.7 Å². The van der Waals surface area contributed by atoms with E-state index in [1.165, 1.54) is 11.1 Å². The molecule has 1 N–H and O–H groups in total. The summed E-state index contributed by atoms with van der Waals surface area (Å²) in [5.41, 5.74) is 2.48. The zero-order valence-corrected chi connectivity index (χ0v) is 10.0. The second-order valence-corrected chi connectivity index (χ2v) is 4.47. The molecule has 14 heavy (non-hydrogen) atoms. The molecular weight excluding hydrogens is 242 g/mol. The summed E-state index contributed by atoms with van der Waals surface area (Å²) in [5, 5.41) is 3.31. The zero-order valence-electron chi connectivity index (χ0n) is 8.43. The minimum Gasteiger partial charge on any atom is -0.493 e. The van der Waals surface area contributed by atoms with E-state index in [0.29, 0.717) is 6.04 Å². The normalized spacial score (nSPS) is 20.1. The Kier molecular flexibility index (Phi) is 2.79. The van der Waals surface area contributed by atoms with E-state index < -0.39 is 0 Å². The van der Waals surface area contributed by atoms with Gasteiger partial charge in [0.05, 0.1) is 6.61 Å². The Balaban J connectivity index is 2.47. The first-order valence-corrected chi connectivity index (χ1v) is 5.62. The van der Waals surface area contributed by atoms with Crippen LogP contribution in [0.2, 0.25) is 0 Å². The second-order valence-electron chi connectivity index (χ2n) is 3.62. The molecule has 0 bridgehead atoms. The highest BCUT2D eigenvalue weighted by Gasteiger charge is 2.20. The molecule has 1 aromatic carbocycles. The molecule has 0 amide bonds. The summed E-state index contributed by atoms with van der Waals surface area (Å²) in [6, 6.07) is 4.68. The third kappa shape index (κ3) is 1.66. The summed E-state index contributed by atoms with van der Waals surface area (Å²) < 4.78 is 6.79. The Bertz CT molecular complexity index is 351. The lowest BCUT2D eigenvalue weighted by molar-refractivity contribution is 0.257. The van der Waals surface area contributed by atoms with Crippen molar-refractivity contribution in [2.75, 3.05) is 13.7 Å². The van der Waals surface area contributed by atoms with Gasteiger partial charge >= 0.3 is 0 Å². The van der Waals surface area contributed by atoms with Crippen molar-refractivity contribution in [3.05, 3.63) is 27.7 Å².